The molecule has 122 valence electrons. The summed E-state index contributed by atoms with van der Waals surface area (Å²) in [4.78, 5) is 11.7. The molecule has 0 amide bonds. The van der Waals surface area contributed by atoms with E-state index in [1.54, 1.807) is 37.4 Å². The third kappa shape index (κ3) is 4.17. The van der Waals surface area contributed by atoms with Crippen molar-refractivity contribution in [1.82, 2.24) is 0 Å². The smallest absolute Gasteiger partial charge is 0.311 e. The Morgan fingerprint density at radius 1 is 1.22 bits per heavy atom. The molecule has 2 aromatic rings. The predicted octanol–water partition coefficient (Wildman–Crippen LogP) is 4.16. The fraction of sp³-hybridized carbons (Fsp3) is 0.278. The first kappa shape index (κ1) is 17.2. The van der Waals surface area contributed by atoms with Gasteiger partial charge in [0, 0.05) is 5.02 Å². The van der Waals surface area contributed by atoms with Gasteiger partial charge >= 0.3 is 5.97 Å². The summed E-state index contributed by atoms with van der Waals surface area (Å²) < 4.78 is 11.0. The Labute approximate surface area is 140 Å². The summed E-state index contributed by atoms with van der Waals surface area (Å²) in [7, 11) is 1.56. The number of ether oxygens (including phenoxy) is 2. The van der Waals surface area contributed by atoms with E-state index in [9.17, 15) is 9.90 Å². The Kier molecular flexibility index (Phi) is 5.88. The van der Waals surface area contributed by atoms with Gasteiger partial charge in [0.25, 0.3) is 0 Å². The van der Waals surface area contributed by atoms with Crippen LogP contribution in [0.1, 0.15) is 24.0 Å². The normalized spacial score (nSPS) is 11.8. The summed E-state index contributed by atoms with van der Waals surface area (Å²) in [5, 5.41) is 10.2. The molecule has 1 unspecified atom stereocenters. The van der Waals surface area contributed by atoms with E-state index < -0.39 is 11.9 Å². The largest absolute Gasteiger partial charge is 0.493 e. The molecule has 0 aromatic heterocycles. The minimum Gasteiger partial charge on any atom is -0.493 e. The van der Waals surface area contributed by atoms with Crippen LogP contribution < -0.4 is 9.47 Å². The molecule has 0 bridgehead atoms. The van der Waals surface area contributed by atoms with Gasteiger partial charge in [-0.25, -0.2) is 0 Å². The third-order valence-corrected chi connectivity index (χ3v) is 3.82. The molecular weight excluding hydrogens is 316 g/mol. The van der Waals surface area contributed by atoms with Gasteiger partial charge in [-0.05, 0) is 42.7 Å². The van der Waals surface area contributed by atoms with Crippen LogP contribution in [0.25, 0.3) is 0 Å². The molecule has 0 spiro atoms. The van der Waals surface area contributed by atoms with Gasteiger partial charge in [-0.15, -0.1) is 0 Å². The van der Waals surface area contributed by atoms with Gasteiger partial charge in [-0.3, -0.25) is 4.79 Å². The molecule has 0 radical (unpaired) electrons. The van der Waals surface area contributed by atoms with Crippen molar-refractivity contribution in [3.05, 3.63) is 58.6 Å². The van der Waals surface area contributed by atoms with Gasteiger partial charge in [0.2, 0.25) is 0 Å². The van der Waals surface area contributed by atoms with Crippen LogP contribution in [0.4, 0.5) is 0 Å². The molecule has 0 aliphatic rings. The molecule has 4 nitrogen and oxygen atoms in total. The Bertz CT molecular complexity index is 667. The van der Waals surface area contributed by atoms with Gasteiger partial charge in [0.1, 0.15) is 0 Å². The maximum absolute atomic E-state index is 11.7. The topological polar surface area (TPSA) is 55.8 Å². The second-order valence-corrected chi connectivity index (χ2v) is 5.46. The third-order valence-electron chi connectivity index (χ3n) is 3.56. The molecule has 5 heteroatoms. The number of rotatable bonds is 7. The molecular formula is C18H19ClO4. The molecule has 0 fully saturated rings. The van der Waals surface area contributed by atoms with E-state index in [2.05, 4.69) is 0 Å². The minimum atomic E-state index is -0.891. The van der Waals surface area contributed by atoms with Crippen LogP contribution in [0.2, 0.25) is 5.02 Å². The van der Waals surface area contributed by atoms with Crippen molar-refractivity contribution >= 4 is 17.6 Å². The molecule has 0 heterocycles. The fourth-order valence-electron chi connectivity index (χ4n) is 2.45. The number of carboxylic acids is 1. The summed E-state index contributed by atoms with van der Waals surface area (Å²) in [6.07, 6.45) is 0.309. The molecule has 0 aliphatic heterocycles. The average Bonchev–Trinajstić information content (AvgIpc) is 2.54. The number of hydrogen-bond acceptors (Lipinski definition) is 3. The van der Waals surface area contributed by atoms with Crippen LogP contribution in [-0.2, 0) is 11.2 Å². The number of halogens is 1. The van der Waals surface area contributed by atoms with Gasteiger partial charge < -0.3 is 14.6 Å². The van der Waals surface area contributed by atoms with Crippen LogP contribution in [0.15, 0.2) is 42.5 Å². The molecule has 2 rings (SSSR count). The van der Waals surface area contributed by atoms with Crippen LogP contribution >= 0.6 is 11.6 Å². The molecule has 0 aliphatic carbocycles. The van der Waals surface area contributed by atoms with Crippen LogP contribution in [-0.4, -0.2) is 24.8 Å². The van der Waals surface area contributed by atoms with E-state index in [0.717, 1.165) is 5.56 Å². The molecule has 1 N–H and O–H groups in total. The Balaban J connectivity index is 2.37. The number of carboxylic acid groups (broad SMARTS) is 1. The number of carbonyl (C=O) groups is 1. The van der Waals surface area contributed by atoms with E-state index in [1.807, 2.05) is 19.1 Å². The zero-order valence-electron chi connectivity index (χ0n) is 13.1. The molecule has 23 heavy (non-hydrogen) atoms. The Morgan fingerprint density at radius 2 is 1.91 bits per heavy atom. The summed E-state index contributed by atoms with van der Waals surface area (Å²) in [5.74, 6) is -0.376. The SMILES string of the molecule is CCOc1c(CC(C(=O)O)c2ccc(Cl)cc2)cccc1OC. The molecule has 1 atom stereocenters. The van der Waals surface area contributed by atoms with E-state index in [1.165, 1.54) is 0 Å². The highest BCUT2D eigenvalue weighted by Crippen LogP contribution is 2.34. The van der Waals surface area contributed by atoms with Crippen molar-refractivity contribution in [2.75, 3.05) is 13.7 Å². The first-order valence-electron chi connectivity index (χ1n) is 7.33. The van der Waals surface area contributed by atoms with Gasteiger partial charge in [0.15, 0.2) is 11.5 Å². The number of aliphatic carboxylic acids is 1. The van der Waals surface area contributed by atoms with Crippen molar-refractivity contribution in [1.29, 1.82) is 0 Å². The van der Waals surface area contributed by atoms with Gasteiger partial charge in [0.05, 0.1) is 19.6 Å². The van der Waals surface area contributed by atoms with E-state index in [4.69, 9.17) is 21.1 Å². The fourth-order valence-corrected chi connectivity index (χ4v) is 2.58. The number of methoxy groups -OCH3 is 1. The van der Waals surface area contributed by atoms with Crippen LogP contribution in [0.5, 0.6) is 11.5 Å². The van der Waals surface area contributed by atoms with Gasteiger partial charge in [-0.2, -0.15) is 0 Å². The van der Waals surface area contributed by atoms with E-state index in [0.29, 0.717) is 35.1 Å². The van der Waals surface area contributed by atoms with Crippen molar-refractivity contribution < 1.29 is 19.4 Å². The maximum Gasteiger partial charge on any atom is 0.311 e. The standard InChI is InChI=1S/C18H19ClO4/c1-3-23-17-13(5-4-6-16(17)22-2)11-15(18(20)21)12-7-9-14(19)10-8-12/h4-10,15H,3,11H2,1-2H3,(H,20,21). The number of benzene rings is 2. The van der Waals surface area contributed by atoms with Crippen molar-refractivity contribution in [3.63, 3.8) is 0 Å². The lowest BCUT2D eigenvalue weighted by Gasteiger charge is -2.18. The zero-order valence-corrected chi connectivity index (χ0v) is 13.8. The van der Waals surface area contributed by atoms with Gasteiger partial charge in [-0.1, -0.05) is 35.9 Å². The first-order chi connectivity index (χ1) is 11.1. The zero-order chi connectivity index (χ0) is 16.8. The lowest BCUT2D eigenvalue weighted by molar-refractivity contribution is -0.138. The summed E-state index contributed by atoms with van der Waals surface area (Å²) in [5.41, 5.74) is 1.50. The summed E-state index contributed by atoms with van der Waals surface area (Å²) >= 11 is 5.88. The number of para-hydroxylation sites is 1. The molecule has 0 saturated heterocycles. The van der Waals surface area contributed by atoms with E-state index >= 15 is 0 Å². The quantitative estimate of drug-likeness (QED) is 0.826. The first-order valence-corrected chi connectivity index (χ1v) is 7.71. The minimum absolute atomic E-state index is 0.309. The Hall–Kier alpha value is -2.20. The van der Waals surface area contributed by atoms with Crippen LogP contribution in [0, 0.1) is 0 Å². The summed E-state index contributed by atoms with van der Waals surface area (Å²) in [6.45, 7) is 2.36. The average molecular weight is 335 g/mol. The maximum atomic E-state index is 11.7. The monoisotopic (exact) mass is 334 g/mol. The second-order valence-electron chi connectivity index (χ2n) is 5.03. The number of hydrogen-bond donors (Lipinski definition) is 1. The lowest BCUT2D eigenvalue weighted by atomic mass is 9.91. The van der Waals surface area contributed by atoms with Crippen molar-refractivity contribution in [3.8, 4) is 11.5 Å². The Morgan fingerprint density at radius 3 is 2.48 bits per heavy atom. The highest BCUT2D eigenvalue weighted by molar-refractivity contribution is 6.30. The second kappa shape index (κ2) is 7.88. The van der Waals surface area contributed by atoms with Crippen molar-refractivity contribution in [2.45, 2.75) is 19.3 Å². The predicted molar refractivity (Wildman–Crippen MR) is 89.7 cm³/mol. The molecule has 2 aromatic carbocycles. The highest BCUT2D eigenvalue weighted by atomic mass is 35.5. The summed E-state index contributed by atoms with van der Waals surface area (Å²) in [6, 6.07) is 12.4. The van der Waals surface area contributed by atoms with Crippen LogP contribution in [0.3, 0.4) is 0 Å². The van der Waals surface area contributed by atoms with Crippen molar-refractivity contribution in [2.24, 2.45) is 0 Å². The van der Waals surface area contributed by atoms with E-state index in [-0.39, 0.29) is 0 Å². The lowest BCUT2D eigenvalue weighted by Crippen LogP contribution is -2.15. The highest BCUT2D eigenvalue weighted by Gasteiger charge is 2.23. The molecule has 0 saturated carbocycles.